The van der Waals surface area contributed by atoms with Crippen molar-refractivity contribution in [3.63, 3.8) is 0 Å². The molecule has 1 N–H and O–H groups in total. The van der Waals surface area contributed by atoms with Crippen molar-refractivity contribution in [2.75, 3.05) is 0 Å². The first-order valence-corrected chi connectivity index (χ1v) is 5.81. The third-order valence-corrected chi connectivity index (χ3v) is 3.78. The van der Waals surface area contributed by atoms with E-state index < -0.39 is 5.97 Å². The molecule has 2 nitrogen and oxygen atoms in total. The van der Waals surface area contributed by atoms with E-state index in [-0.39, 0.29) is 0 Å². The summed E-state index contributed by atoms with van der Waals surface area (Å²) in [6, 6.07) is 9.76. The zero-order chi connectivity index (χ0) is 11.7. The second-order valence-electron chi connectivity index (χ2n) is 3.74. The Labute approximate surface area is 98.2 Å². The van der Waals surface area contributed by atoms with Crippen LogP contribution in [0.5, 0.6) is 0 Å². The third kappa shape index (κ3) is 1.86. The summed E-state index contributed by atoms with van der Waals surface area (Å²) >= 11 is 1.34. The van der Waals surface area contributed by atoms with Gasteiger partial charge in [0.05, 0.1) is 0 Å². The van der Waals surface area contributed by atoms with Crippen LogP contribution < -0.4 is 0 Å². The molecular formula is C13H12O2S. The normalized spacial score (nSPS) is 10.4. The van der Waals surface area contributed by atoms with Crippen molar-refractivity contribution < 1.29 is 9.90 Å². The molecule has 0 bridgehead atoms. The van der Waals surface area contributed by atoms with Crippen molar-refractivity contribution in [3.05, 3.63) is 46.3 Å². The molecule has 0 radical (unpaired) electrons. The molecule has 0 unspecified atom stereocenters. The van der Waals surface area contributed by atoms with Crippen LogP contribution in [-0.2, 0) is 0 Å². The van der Waals surface area contributed by atoms with Gasteiger partial charge in [0, 0.05) is 4.88 Å². The molecule has 0 saturated carbocycles. The number of aryl methyl sites for hydroxylation is 2. The van der Waals surface area contributed by atoms with Gasteiger partial charge in [-0.25, -0.2) is 4.79 Å². The van der Waals surface area contributed by atoms with E-state index in [1.807, 2.05) is 38.1 Å². The van der Waals surface area contributed by atoms with Crippen molar-refractivity contribution in [1.82, 2.24) is 0 Å². The van der Waals surface area contributed by atoms with Crippen molar-refractivity contribution in [2.24, 2.45) is 0 Å². The molecule has 0 fully saturated rings. The Bertz CT molecular complexity index is 541. The molecule has 0 spiro atoms. The number of carboxylic acids is 1. The van der Waals surface area contributed by atoms with E-state index in [2.05, 4.69) is 0 Å². The molecule has 1 aromatic heterocycles. The Hall–Kier alpha value is -1.61. The lowest BCUT2D eigenvalue weighted by Gasteiger charge is -2.03. The number of hydrogen-bond acceptors (Lipinski definition) is 2. The first kappa shape index (κ1) is 10.9. The van der Waals surface area contributed by atoms with Gasteiger partial charge in [0.2, 0.25) is 0 Å². The fraction of sp³-hybridized carbons (Fsp3) is 0.154. The zero-order valence-electron chi connectivity index (χ0n) is 9.15. The van der Waals surface area contributed by atoms with Crippen LogP contribution in [-0.4, -0.2) is 11.1 Å². The van der Waals surface area contributed by atoms with E-state index in [4.69, 9.17) is 5.11 Å². The Balaban J connectivity index is 2.57. The first-order chi connectivity index (χ1) is 7.59. The van der Waals surface area contributed by atoms with Crippen molar-refractivity contribution >= 4 is 17.3 Å². The van der Waals surface area contributed by atoms with E-state index >= 15 is 0 Å². The number of hydrogen-bond donors (Lipinski definition) is 1. The molecule has 0 amide bonds. The molecule has 1 aromatic carbocycles. The summed E-state index contributed by atoms with van der Waals surface area (Å²) in [5.74, 6) is -0.854. The van der Waals surface area contributed by atoms with Gasteiger partial charge in [-0.05, 0) is 36.6 Å². The highest BCUT2D eigenvalue weighted by Crippen LogP contribution is 2.34. The molecule has 0 aliphatic heterocycles. The first-order valence-electron chi connectivity index (χ1n) is 4.99. The average molecular weight is 232 g/mol. The monoisotopic (exact) mass is 232 g/mol. The smallest absolute Gasteiger partial charge is 0.345 e. The molecule has 3 heteroatoms. The molecule has 2 rings (SSSR count). The minimum atomic E-state index is -0.854. The van der Waals surface area contributed by atoms with E-state index in [0.29, 0.717) is 4.88 Å². The van der Waals surface area contributed by atoms with Crippen LogP contribution in [0.3, 0.4) is 0 Å². The van der Waals surface area contributed by atoms with Gasteiger partial charge >= 0.3 is 5.97 Å². The maximum Gasteiger partial charge on any atom is 0.345 e. The summed E-state index contributed by atoms with van der Waals surface area (Å²) < 4.78 is 0. The highest BCUT2D eigenvalue weighted by Gasteiger charge is 2.13. The third-order valence-electron chi connectivity index (χ3n) is 2.52. The van der Waals surface area contributed by atoms with Crippen LogP contribution in [0.2, 0.25) is 0 Å². The number of carboxylic acid groups (broad SMARTS) is 1. The molecule has 2 aromatic rings. The van der Waals surface area contributed by atoms with Crippen LogP contribution >= 0.6 is 11.3 Å². The van der Waals surface area contributed by atoms with Gasteiger partial charge in [0.15, 0.2) is 0 Å². The molecular weight excluding hydrogens is 220 g/mol. The van der Waals surface area contributed by atoms with E-state index in [9.17, 15) is 4.79 Å². The second-order valence-corrected chi connectivity index (χ2v) is 4.80. The maximum atomic E-state index is 10.9. The topological polar surface area (TPSA) is 37.3 Å². The fourth-order valence-electron chi connectivity index (χ4n) is 1.68. The minimum Gasteiger partial charge on any atom is -0.477 e. The van der Waals surface area contributed by atoms with E-state index in [1.165, 1.54) is 16.9 Å². The van der Waals surface area contributed by atoms with Gasteiger partial charge in [-0.2, -0.15) is 0 Å². The van der Waals surface area contributed by atoms with Gasteiger partial charge in [-0.15, -0.1) is 11.3 Å². The lowest BCUT2D eigenvalue weighted by atomic mass is 10.1. The largest absolute Gasteiger partial charge is 0.477 e. The molecule has 0 aliphatic rings. The zero-order valence-corrected chi connectivity index (χ0v) is 9.97. The molecule has 1 heterocycles. The summed E-state index contributed by atoms with van der Waals surface area (Å²) in [7, 11) is 0. The molecule has 0 aliphatic carbocycles. The van der Waals surface area contributed by atoms with Crippen molar-refractivity contribution in [3.8, 4) is 10.4 Å². The summed E-state index contributed by atoms with van der Waals surface area (Å²) in [6.45, 7) is 3.99. The Morgan fingerprint density at radius 3 is 2.44 bits per heavy atom. The lowest BCUT2D eigenvalue weighted by molar-refractivity contribution is 0.0702. The van der Waals surface area contributed by atoms with Gasteiger partial charge in [-0.3, -0.25) is 0 Å². The quantitative estimate of drug-likeness (QED) is 0.856. The van der Waals surface area contributed by atoms with Gasteiger partial charge in [-0.1, -0.05) is 24.3 Å². The van der Waals surface area contributed by atoms with E-state index in [0.717, 1.165) is 16.0 Å². The molecule has 82 valence electrons. The predicted molar refractivity (Wildman–Crippen MR) is 66.2 cm³/mol. The second kappa shape index (κ2) is 4.10. The average Bonchev–Trinajstić information content (AvgIpc) is 2.61. The Morgan fingerprint density at radius 1 is 1.19 bits per heavy atom. The van der Waals surface area contributed by atoms with Crippen LogP contribution in [0.1, 0.15) is 20.8 Å². The molecule has 0 atom stereocenters. The van der Waals surface area contributed by atoms with Gasteiger partial charge in [0.1, 0.15) is 4.88 Å². The molecule has 0 saturated heterocycles. The minimum absolute atomic E-state index is 0.399. The summed E-state index contributed by atoms with van der Waals surface area (Å²) in [5.41, 5.74) is 3.32. The fourth-order valence-corrected chi connectivity index (χ4v) is 2.78. The number of benzene rings is 1. The Kier molecular flexibility index (Phi) is 2.79. The Morgan fingerprint density at radius 2 is 1.88 bits per heavy atom. The summed E-state index contributed by atoms with van der Waals surface area (Å²) in [5, 5.41) is 8.95. The summed E-state index contributed by atoms with van der Waals surface area (Å²) in [6.07, 6.45) is 0. The number of thiophene rings is 1. The van der Waals surface area contributed by atoms with Crippen molar-refractivity contribution in [2.45, 2.75) is 13.8 Å². The van der Waals surface area contributed by atoms with Crippen LogP contribution in [0.4, 0.5) is 0 Å². The highest BCUT2D eigenvalue weighted by atomic mass is 32.1. The summed E-state index contributed by atoms with van der Waals surface area (Å²) in [4.78, 5) is 12.3. The van der Waals surface area contributed by atoms with Gasteiger partial charge in [0.25, 0.3) is 0 Å². The highest BCUT2D eigenvalue weighted by molar-refractivity contribution is 7.17. The lowest BCUT2D eigenvalue weighted by Crippen LogP contribution is -1.89. The van der Waals surface area contributed by atoms with Gasteiger partial charge < -0.3 is 5.11 Å². The van der Waals surface area contributed by atoms with Crippen LogP contribution in [0, 0.1) is 13.8 Å². The number of carbonyl (C=O) groups is 1. The predicted octanol–water partition coefficient (Wildman–Crippen LogP) is 3.73. The standard InChI is InChI=1S/C13H12O2S/c1-8-5-3-4-6-10(8)12-9(2)7-11(16-12)13(14)15/h3-7H,1-2H3,(H,14,15). The maximum absolute atomic E-state index is 10.9. The van der Waals surface area contributed by atoms with Crippen LogP contribution in [0.25, 0.3) is 10.4 Å². The van der Waals surface area contributed by atoms with Crippen molar-refractivity contribution in [1.29, 1.82) is 0 Å². The number of aromatic carboxylic acids is 1. The van der Waals surface area contributed by atoms with E-state index in [1.54, 1.807) is 6.07 Å². The SMILES string of the molecule is Cc1ccccc1-c1sc(C(=O)O)cc1C. The molecule has 16 heavy (non-hydrogen) atoms. The number of rotatable bonds is 2. The van der Waals surface area contributed by atoms with Crippen LogP contribution in [0.15, 0.2) is 30.3 Å².